The Morgan fingerprint density at radius 1 is 1.22 bits per heavy atom. The molecule has 1 aromatic carbocycles. The first-order chi connectivity index (χ1) is 8.69. The summed E-state index contributed by atoms with van der Waals surface area (Å²) in [5.74, 6) is -0.395. The van der Waals surface area contributed by atoms with Gasteiger partial charge < -0.3 is 5.32 Å². The maximum Gasteiger partial charge on any atom is 0.256 e. The molecule has 0 fully saturated rings. The number of aromatic nitrogens is 1. The van der Waals surface area contributed by atoms with Gasteiger partial charge in [-0.1, -0.05) is 18.2 Å². The van der Waals surface area contributed by atoms with Gasteiger partial charge in [0.1, 0.15) is 5.82 Å². The molecule has 2 rings (SSSR count). The van der Waals surface area contributed by atoms with E-state index in [-0.39, 0.29) is 11.7 Å². The summed E-state index contributed by atoms with van der Waals surface area (Å²) in [5, 5.41) is 2.51. The van der Waals surface area contributed by atoms with Crippen LogP contribution < -0.4 is 5.32 Å². The minimum absolute atomic E-state index is 0.182. The molecule has 3 nitrogen and oxygen atoms in total. The maximum absolute atomic E-state index is 12.8. The summed E-state index contributed by atoms with van der Waals surface area (Å²) < 4.78 is 12.8. The number of amides is 1. The van der Waals surface area contributed by atoms with Crippen LogP contribution in [0.1, 0.15) is 15.9 Å². The molecule has 0 saturated carbocycles. The molecular formula is C13H10ClFN2O. The van der Waals surface area contributed by atoms with Crippen molar-refractivity contribution >= 4 is 23.3 Å². The third kappa shape index (κ3) is 3.05. The number of hydrogen-bond donors (Lipinski definition) is 1. The molecule has 2 aromatic rings. The van der Waals surface area contributed by atoms with E-state index in [9.17, 15) is 9.18 Å². The Morgan fingerprint density at radius 3 is 2.56 bits per heavy atom. The van der Waals surface area contributed by atoms with Gasteiger partial charge in [0.05, 0.1) is 0 Å². The quantitative estimate of drug-likeness (QED) is 0.683. The molecule has 92 valence electrons. The highest BCUT2D eigenvalue weighted by Crippen LogP contribution is 2.10. The molecule has 0 spiro atoms. The lowest BCUT2D eigenvalue weighted by molar-refractivity contribution is 0.102. The maximum atomic E-state index is 12.8. The standard InChI is InChI=1S/C13H10ClFN2O/c14-8-9-4-6-10(7-5-9)13(18)17-12-3-1-2-11(15)16-12/h1-7H,8H2,(H,16,17,18). The van der Waals surface area contributed by atoms with Crippen molar-refractivity contribution in [2.75, 3.05) is 5.32 Å². The van der Waals surface area contributed by atoms with E-state index < -0.39 is 5.95 Å². The molecular weight excluding hydrogens is 255 g/mol. The second-order valence-corrected chi connectivity index (χ2v) is 3.90. The second kappa shape index (κ2) is 5.60. The fourth-order valence-electron chi connectivity index (χ4n) is 1.41. The molecule has 0 atom stereocenters. The molecule has 0 aliphatic carbocycles. The van der Waals surface area contributed by atoms with Gasteiger partial charge in [0.15, 0.2) is 0 Å². The van der Waals surface area contributed by atoms with Crippen LogP contribution in [0, 0.1) is 5.95 Å². The Labute approximate surface area is 109 Å². The van der Waals surface area contributed by atoms with E-state index in [1.54, 1.807) is 24.3 Å². The summed E-state index contributed by atoms with van der Waals surface area (Å²) >= 11 is 5.65. The molecule has 0 radical (unpaired) electrons. The van der Waals surface area contributed by atoms with Crippen molar-refractivity contribution in [1.82, 2.24) is 4.98 Å². The van der Waals surface area contributed by atoms with Crippen LogP contribution in [0.2, 0.25) is 0 Å². The SMILES string of the molecule is O=C(Nc1cccc(F)n1)c1ccc(CCl)cc1. The van der Waals surface area contributed by atoms with E-state index in [1.807, 2.05) is 0 Å². The fraction of sp³-hybridized carbons (Fsp3) is 0.0769. The highest BCUT2D eigenvalue weighted by molar-refractivity contribution is 6.17. The van der Waals surface area contributed by atoms with Gasteiger partial charge in [0.2, 0.25) is 5.95 Å². The van der Waals surface area contributed by atoms with Crippen LogP contribution in [-0.4, -0.2) is 10.9 Å². The highest BCUT2D eigenvalue weighted by atomic mass is 35.5. The normalized spacial score (nSPS) is 10.1. The number of nitrogens with zero attached hydrogens (tertiary/aromatic N) is 1. The molecule has 0 saturated heterocycles. The van der Waals surface area contributed by atoms with E-state index in [4.69, 9.17) is 11.6 Å². The predicted octanol–water partition coefficient (Wildman–Crippen LogP) is 3.21. The molecule has 1 aromatic heterocycles. The number of pyridine rings is 1. The molecule has 18 heavy (non-hydrogen) atoms. The molecule has 1 N–H and O–H groups in total. The van der Waals surface area contributed by atoms with Crippen molar-refractivity contribution < 1.29 is 9.18 Å². The summed E-state index contributed by atoms with van der Waals surface area (Å²) in [7, 11) is 0. The Kier molecular flexibility index (Phi) is 3.89. The Balaban J connectivity index is 2.11. The van der Waals surface area contributed by atoms with Gasteiger partial charge in [0.25, 0.3) is 5.91 Å². The van der Waals surface area contributed by atoms with Gasteiger partial charge in [0, 0.05) is 11.4 Å². The first-order valence-electron chi connectivity index (χ1n) is 5.28. The van der Waals surface area contributed by atoms with Crippen molar-refractivity contribution in [3.05, 3.63) is 59.5 Å². The Bertz CT molecular complexity index is 557. The number of rotatable bonds is 3. The van der Waals surface area contributed by atoms with E-state index in [0.29, 0.717) is 11.4 Å². The van der Waals surface area contributed by atoms with Crippen molar-refractivity contribution in [3.63, 3.8) is 0 Å². The molecule has 1 heterocycles. The minimum atomic E-state index is -0.634. The second-order valence-electron chi connectivity index (χ2n) is 3.63. The largest absolute Gasteiger partial charge is 0.306 e. The summed E-state index contributed by atoms with van der Waals surface area (Å²) in [6, 6.07) is 11.1. The first-order valence-corrected chi connectivity index (χ1v) is 5.81. The van der Waals surface area contributed by atoms with E-state index >= 15 is 0 Å². The zero-order valence-corrected chi connectivity index (χ0v) is 10.1. The third-order valence-electron chi connectivity index (χ3n) is 2.33. The van der Waals surface area contributed by atoms with Crippen molar-refractivity contribution in [2.24, 2.45) is 0 Å². The number of halogens is 2. The zero-order valence-electron chi connectivity index (χ0n) is 9.36. The number of alkyl halides is 1. The lowest BCUT2D eigenvalue weighted by Crippen LogP contribution is -2.13. The molecule has 0 bridgehead atoms. The summed E-state index contributed by atoms with van der Waals surface area (Å²) in [5.41, 5.74) is 1.40. The van der Waals surface area contributed by atoms with Crippen molar-refractivity contribution in [2.45, 2.75) is 5.88 Å². The summed E-state index contributed by atoms with van der Waals surface area (Å²) in [6.07, 6.45) is 0. The fourth-order valence-corrected chi connectivity index (χ4v) is 1.59. The van der Waals surface area contributed by atoms with Gasteiger partial charge >= 0.3 is 0 Å². The number of benzene rings is 1. The monoisotopic (exact) mass is 264 g/mol. The van der Waals surface area contributed by atoms with E-state index in [0.717, 1.165) is 5.56 Å². The van der Waals surface area contributed by atoms with Crippen LogP contribution in [0.25, 0.3) is 0 Å². The van der Waals surface area contributed by atoms with Crippen molar-refractivity contribution in [1.29, 1.82) is 0 Å². The first kappa shape index (κ1) is 12.5. The average molecular weight is 265 g/mol. The van der Waals surface area contributed by atoms with E-state index in [2.05, 4.69) is 10.3 Å². The molecule has 5 heteroatoms. The highest BCUT2D eigenvalue weighted by Gasteiger charge is 2.07. The van der Waals surface area contributed by atoms with E-state index in [1.165, 1.54) is 18.2 Å². The van der Waals surface area contributed by atoms with Crippen LogP contribution in [0.4, 0.5) is 10.2 Å². The van der Waals surface area contributed by atoms with Crippen LogP contribution in [0.15, 0.2) is 42.5 Å². The summed E-state index contributed by atoms with van der Waals surface area (Å²) in [4.78, 5) is 15.4. The van der Waals surface area contributed by atoms with Crippen LogP contribution in [0.5, 0.6) is 0 Å². The number of carbonyl (C=O) groups is 1. The molecule has 0 aliphatic rings. The van der Waals surface area contributed by atoms with Gasteiger partial charge in [-0.3, -0.25) is 4.79 Å². The minimum Gasteiger partial charge on any atom is -0.306 e. The summed E-state index contributed by atoms with van der Waals surface area (Å²) in [6.45, 7) is 0. The number of carbonyl (C=O) groups excluding carboxylic acids is 1. The van der Waals surface area contributed by atoms with Crippen LogP contribution >= 0.6 is 11.6 Å². The Morgan fingerprint density at radius 2 is 1.94 bits per heavy atom. The van der Waals surface area contributed by atoms with Crippen molar-refractivity contribution in [3.8, 4) is 0 Å². The van der Waals surface area contributed by atoms with Crippen LogP contribution in [0.3, 0.4) is 0 Å². The van der Waals surface area contributed by atoms with Crippen LogP contribution in [-0.2, 0) is 5.88 Å². The Hall–Kier alpha value is -1.94. The smallest absolute Gasteiger partial charge is 0.256 e. The van der Waals surface area contributed by atoms with Gasteiger partial charge in [-0.15, -0.1) is 11.6 Å². The lowest BCUT2D eigenvalue weighted by Gasteiger charge is -2.04. The van der Waals surface area contributed by atoms with Gasteiger partial charge in [-0.05, 0) is 29.8 Å². The lowest BCUT2D eigenvalue weighted by atomic mass is 10.1. The number of anilines is 1. The third-order valence-corrected chi connectivity index (χ3v) is 2.64. The molecule has 1 amide bonds. The molecule has 0 aliphatic heterocycles. The van der Waals surface area contributed by atoms with Gasteiger partial charge in [-0.25, -0.2) is 4.98 Å². The topological polar surface area (TPSA) is 42.0 Å². The molecule has 0 unspecified atom stereocenters. The number of nitrogens with one attached hydrogen (secondary N) is 1. The number of hydrogen-bond acceptors (Lipinski definition) is 2. The predicted molar refractivity (Wildman–Crippen MR) is 68.1 cm³/mol. The average Bonchev–Trinajstić information content (AvgIpc) is 2.39. The zero-order chi connectivity index (χ0) is 13.0. The van der Waals surface area contributed by atoms with Gasteiger partial charge in [-0.2, -0.15) is 4.39 Å².